The first-order valence-electron chi connectivity index (χ1n) is 14.9. The highest BCUT2D eigenvalue weighted by Gasteiger charge is 2.80. The highest BCUT2D eigenvalue weighted by atomic mass is 16.4. The van der Waals surface area contributed by atoms with Crippen LogP contribution in [-0.4, -0.2) is 66.9 Å². The Morgan fingerprint density at radius 1 is 1.02 bits per heavy atom. The Hall–Kier alpha value is -2.33. The number of fused-ring (bicyclic) bond motifs is 3. The van der Waals surface area contributed by atoms with E-state index in [1.165, 1.54) is 6.92 Å². The summed E-state index contributed by atoms with van der Waals surface area (Å²) in [6.45, 7) is 18.3. The fourth-order valence-electron chi connectivity index (χ4n) is 9.14. The van der Waals surface area contributed by atoms with E-state index in [1.54, 1.807) is 32.9 Å². The topological polar surface area (TPSA) is 178 Å². The van der Waals surface area contributed by atoms with E-state index in [-0.39, 0.29) is 16.7 Å². The van der Waals surface area contributed by atoms with Gasteiger partial charge in [0.05, 0.1) is 23.7 Å². The van der Waals surface area contributed by atoms with Crippen molar-refractivity contribution in [3.8, 4) is 5.75 Å². The Bertz CT molecular complexity index is 1320. The number of aliphatic hydroxyl groups excluding tert-OH is 3. The lowest BCUT2D eigenvalue weighted by molar-refractivity contribution is -0.308. The number of carbonyl (C=O) groups is 3. The molecule has 4 rings (SSSR count). The lowest BCUT2D eigenvalue weighted by Gasteiger charge is -2.69. The molecule has 7 N–H and O–H groups in total. The van der Waals surface area contributed by atoms with Crippen LogP contribution in [0.1, 0.15) is 103 Å². The second kappa shape index (κ2) is 9.58. The van der Waals surface area contributed by atoms with Gasteiger partial charge in [0.2, 0.25) is 5.91 Å². The average molecular weight is 588 g/mol. The van der Waals surface area contributed by atoms with Crippen LogP contribution in [-0.2, 0) is 15.0 Å². The lowest BCUT2D eigenvalue weighted by atomic mass is 9.36. The molecule has 0 aliphatic heterocycles. The maximum absolute atomic E-state index is 14.6. The molecule has 3 aliphatic rings. The summed E-state index contributed by atoms with van der Waals surface area (Å²) in [5.74, 6) is -8.80. The Labute approximate surface area is 248 Å². The number of benzene rings is 1. The fraction of sp³-hybridized carbons (Fsp3) is 0.727. The molecule has 9 heteroatoms. The van der Waals surface area contributed by atoms with Crippen molar-refractivity contribution in [1.82, 2.24) is 0 Å². The van der Waals surface area contributed by atoms with Gasteiger partial charge in [0.15, 0.2) is 17.2 Å². The Morgan fingerprint density at radius 3 is 2.02 bits per heavy atom. The number of Topliss-reactive ketones (excluding diaryl/α,β-unsaturated/α-hetero) is 2. The zero-order chi connectivity index (χ0) is 32.3. The Balaban J connectivity index is 2.12. The van der Waals surface area contributed by atoms with Gasteiger partial charge in [-0.3, -0.25) is 14.4 Å². The molecule has 0 aromatic heterocycles. The molecule has 0 spiro atoms. The summed E-state index contributed by atoms with van der Waals surface area (Å²) in [5.41, 5.74) is -0.393. The number of hydrogen-bond donors (Lipinski definition) is 6. The zero-order valence-electron chi connectivity index (χ0n) is 26.5. The number of ketones is 2. The largest absolute Gasteiger partial charge is 0.507 e. The highest BCUT2D eigenvalue weighted by Crippen LogP contribution is 2.69. The normalized spacial score (nSPS) is 40.4. The predicted octanol–water partition coefficient (Wildman–Crippen LogP) is 2.82. The second-order valence-corrected chi connectivity index (χ2v) is 16.1. The molecule has 2 saturated carbocycles. The van der Waals surface area contributed by atoms with E-state index in [4.69, 9.17) is 5.73 Å². The van der Waals surface area contributed by atoms with Crippen molar-refractivity contribution in [2.24, 2.45) is 45.7 Å². The molecule has 9 nitrogen and oxygen atoms in total. The number of primary amides is 1. The number of carbonyl (C=O) groups excluding carboxylic acids is 3. The number of aliphatic hydroxyl groups is 4. The van der Waals surface area contributed by atoms with E-state index in [0.717, 1.165) is 0 Å². The first-order chi connectivity index (χ1) is 18.9. The van der Waals surface area contributed by atoms with Crippen LogP contribution in [0.25, 0.3) is 0 Å². The molecule has 3 aliphatic carbocycles. The summed E-state index contributed by atoms with van der Waals surface area (Å²) in [7, 11) is 0. The van der Waals surface area contributed by atoms with Crippen molar-refractivity contribution < 1.29 is 39.9 Å². The number of rotatable bonds is 3. The third-order valence-corrected chi connectivity index (χ3v) is 11.0. The van der Waals surface area contributed by atoms with Crippen molar-refractivity contribution in [1.29, 1.82) is 0 Å². The molecule has 10 atom stereocenters. The summed E-state index contributed by atoms with van der Waals surface area (Å²) in [6.07, 6.45) is -4.87. The SMILES string of the molecule is CC(C)[C@H]1C(O)[C@@H](C(N)=O)C(=O)[C@]2(O)C(O)[C@H]3C(=O)c4c(ccc(C(C)(C)C)c4O)[C@@H](CC(C)(C)C)[C@]3(C)[C@@H](O)[C@]12C. The van der Waals surface area contributed by atoms with Crippen molar-refractivity contribution >= 4 is 17.5 Å². The van der Waals surface area contributed by atoms with E-state index in [0.29, 0.717) is 17.5 Å². The standard InChI is InChI=1S/C33H49NO8/c1-14(2)20-24(37)19(27(34)40)25(38)33(42)26(39)21-23(36)18-15(11-12-16(22(18)35)30(6,7)8)17(13-29(3,4)5)31(21,9)28(41)32(20,33)10/h11-12,14,17,19-21,24,26,28,35,37,39,41-42H,13H2,1-10H3,(H2,34,40)/t17-,19-,20+,21-,24?,26?,28-,31+,32+,33+/m1/s1. The van der Waals surface area contributed by atoms with Gasteiger partial charge < -0.3 is 31.3 Å². The van der Waals surface area contributed by atoms with Crippen LogP contribution in [0.5, 0.6) is 5.75 Å². The third-order valence-electron chi connectivity index (χ3n) is 11.0. The first kappa shape index (κ1) is 32.6. The summed E-state index contributed by atoms with van der Waals surface area (Å²) in [5, 5.41) is 60.1. The molecule has 2 fully saturated rings. The van der Waals surface area contributed by atoms with Gasteiger partial charge >= 0.3 is 0 Å². The Morgan fingerprint density at radius 2 is 1.57 bits per heavy atom. The van der Waals surface area contributed by atoms with Crippen molar-refractivity contribution in [3.63, 3.8) is 0 Å². The van der Waals surface area contributed by atoms with Gasteiger partial charge in [-0.2, -0.15) is 0 Å². The monoisotopic (exact) mass is 587 g/mol. The number of hydrogen-bond acceptors (Lipinski definition) is 8. The van der Waals surface area contributed by atoms with Crippen molar-refractivity contribution in [2.45, 2.75) is 111 Å². The molecule has 1 aromatic carbocycles. The molecule has 0 radical (unpaired) electrons. The molecule has 42 heavy (non-hydrogen) atoms. The average Bonchev–Trinajstić information content (AvgIpc) is 2.81. The van der Waals surface area contributed by atoms with Crippen molar-refractivity contribution in [3.05, 3.63) is 28.8 Å². The van der Waals surface area contributed by atoms with Gasteiger partial charge in [0.25, 0.3) is 0 Å². The van der Waals surface area contributed by atoms with Gasteiger partial charge in [-0.05, 0) is 46.1 Å². The van der Waals surface area contributed by atoms with E-state index >= 15 is 0 Å². The van der Waals surface area contributed by atoms with Crippen LogP contribution in [0, 0.1) is 39.9 Å². The minimum atomic E-state index is -2.80. The van der Waals surface area contributed by atoms with Crippen LogP contribution in [0.15, 0.2) is 12.1 Å². The van der Waals surface area contributed by atoms with Crippen LogP contribution in [0.4, 0.5) is 0 Å². The van der Waals surface area contributed by atoms with Crippen LogP contribution in [0.2, 0.25) is 0 Å². The molecular formula is C33H49NO8. The predicted molar refractivity (Wildman–Crippen MR) is 157 cm³/mol. The highest BCUT2D eigenvalue weighted by molar-refractivity contribution is 6.09. The summed E-state index contributed by atoms with van der Waals surface area (Å²) in [6, 6.07) is 3.59. The maximum atomic E-state index is 14.6. The number of nitrogens with two attached hydrogens (primary N) is 1. The summed E-state index contributed by atoms with van der Waals surface area (Å²) < 4.78 is 0. The summed E-state index contributed by atoms with van der Waals surface area (Å²) >= 11 is 0. The molecular weight excluding hydrogens is 538 g/mol. The fourth-order valence-corrected chi connectivity index (χ4v) is 9.14. The molecule has 234 valence electrons. The minimum Gasteiger partial charge on any atom is -0.507 e. The maximum Gasteiger partial charge on any atom is 0.230 e. The molecule has 0 saturated heterocycles. The number of aromatic hydroxyl groups is 1. The lowest BCUT2D eigenvalue weighted by Crippen LogP contribution is -2.83. The molecule has 0 heterocycles. The van der Waals surface area contributed by atoms with Crippen LogP contribution >= 0.6 is 0 Å². The van der Waals surface area contributed by atoms with Gasteiger partial charge in [-0.15, -0.1) is 0 Å². The number of amides is 1. The number of phenolic OH excluding ortho intramolecular Hbond substituents is 1. The summed E-state index contributed by atoms with van der Waals surface area (Å²) in [4.78, 5) is 41.1. The molecule has 1 amide bonds. The minimum absolute atomic E-state index is 0.00718. The second-order valence-electron chi connectivity index (χ2n) is 16.1. The smallest absolute Gasteiger partial charge is 0.230 e. The van der Waals surface area contributed by atoms with E-state index in [9.17, 15) is 39.9 Å². The van der Waals surface area contributed by atoms with Gasteiger partial charge in [-0.1, -0.05) is 81.4 Å². The Kier molecular flexibility index (Phi) is 7.43. The zero-order valence-corrected chi connectivity index (χ0v) is 26.5. The third kappa shape index (κ3) is 3.99. The molecule has 0 bridgehead atoms. The van der Waals surface area contributed by atoms with Crippen LogP contribution < -0.4 is 5.73 Å². The van der Waals surface area contributed by atoms with Gasteiger partial charge in [0.1, 0.15) is 17.8 Å². The van der Waals surface area contributed by atoms with Gasteiger partial charge in [-0.25, -0.2) is 0 Å². The van der Waals surface area contributed by atoms with E-state index < -0.39 is 87.2 Å². The molecule has 1 aromatic rings. The van der Waals surface area contributed by atoms with E-state index in [2.05, 4.69) is 0 Å². The quantitative estimate of drug-likeness (QED) is 0.292. The van der Waals surface area contributed by atoms with Gasteiger partial charge in [0, 0.05) is 10.8 Å². The first-order valence-corrected chi connectivity index (χ1v) is 14.9. The van der Waals surface area contributed by atoms with Crippen molar-refractivity contribution in [2.75, 3.05) is 0 Å². The number of phenols is 1. The molecule has 2 unspecified atom stereocenters. The van der Waals surface area contributed by atoms with Crippen LogP contribution in [0.3, 0.4) is 0 Å². The van der Waals surface area contributed by atoms with E-state index in [1.807, 2.05) is 41.5 Å².